The molecule has 2 rings (SSSR count). The van der Waals surface area contributed by atoms with Crippen molar-refractivity contribution in [2.75, 3.05) is 17.2 Å². The number of benzene rings is 1. The Balaban J connectivity index is 2.28. The predicted molar refractivity (Wildman–Crippen MR) is 80.2 cm³/mol. The lowest BCUT2D eigenvalue weighted by atomic mass is 10.2. The number of carbonyl (C=O) groups is 1. The number of nitrogens with zero attached hydrogens (tertiary/aromatic N) is 1. The van der Waals surface area contributed by atoms with Gasteiger partial charge in [-0.2, -0.15) is 0 Å². The Labute approximate surface area is 118 Å². The molecule has 0 atom stereocenters. The molecule has 1 heterocycles. The zero-order valence-corrected chi connectivity index (χ0v) is 12.3. The van der Waals surface area contributed by atoms with Gasteiger partial charge in [0.05, 0.1) is 9.35 Å². The first-order valence-electron chi connectivity index (χ1n) is 5.53. The van der Waals surface area contributed by atoms with Gasteiger partial charge in [0.15, 0.2) is 0 Å². The van der Waals surface area contributed by atoms with Gasteiger partial charge in [-0.3, -0.25) is 4.79 Å². The standard InChI is InChI=1S/C13H13BrN2OS/c1-2-16(11-5-3-10(15)4-6-11)13(17)9-7-12(14)18-8-9/h3-8H,2,15H2,1H3. The molecule has 0 bridgehead atoms. The number of anilines is 2. The van der Waals surface area contributed by atoms with Crippen LogP contribution in [0.3, 0.4) is 0 Å². The SMILES string of the molecule is CCN(C(=O)c1csc(Br)c1)c1ccc(N)cc1. The Morgan fingerprint density at radius 3 is 2.56 bits per heavy atom. The molecule has 0 aliphatic rings. The van der Waals surface area contributed by atoms with E-state index in [4.69, 9.17) is 5.73 Å². The van der Waals surface area contributed by atoms with Gasteiger partial charge in [-0.05, 0) is 53.2 Å². The van der Waals surface area contributed by atoms with E-state index in [9.17, 15) is 4.79 Å². The third-order valence-electron chi connectivity index (χ3n) is 2.58. The fourth-order valence-corrected chi connectivity index (χ4v) is 2.81. The van der Waals surface area contributed by atoms with E-state index in [0.29, 0.717) is 17.8 Å². The fraction of sp³-hybridized carbons (Fsp3) is 0.154. The molecule has 18 heavy (non-hydrogen) atoms. The Morgan fingerprint density at radius 2 is 2.06 bits per heavy atom. The molecule has 0 fully saturated rings. The highest BCUT2D eigenvalue weighted by Gasteiger charge is 2.17. The van der Waals surface area contributed by atoms with Gasteiger partial charge in [-0.1, -0.05) is 0 Å². The molecule has 1 aromatic heterocycles. The summed E-state index contributed by atoms with van der Waals surface area (Å²) in [7, 11) is 0. The molecule has 0 radical (unpaired) electrons. The first-order chi connectivity index (χ1) is 8.61. The van der Waals surface area contributed by atoms with Crippen molar-refractivity contribution in [1.82, 2.24) is 0 Å². The summed E-state index contributed by atoms with van der Waals surface area (Å²) < 4.78 is 0.958. The van der Waals surface area contributed by atoms with Crippen molar-refractivity contribution < 1.29 is 4.79 Å². The summed E-state index contributed by atoms with van der Waals surface area (Å²) >= 11 is 4.88. The molecule has 94 valence electrons. The summed E-state index contributed by atoms with van der Waals surface area (Å²) in [4.78, 5) is 14.1. The van der Waals surface area contributed by atoms with Crippen LogP contribution in [0.25, 0.3) is 0 Å². The Kier molecular flexibility index (Phi) is 4.04. The lowest BCUT2D eigenvalue weighted by Crippen LogP contribution is -2.30. The minimum absolute atomic E-state index is 0.00391. The molecule has 3 nitrogen and oxygen atoms in total. The van der Waals surface area contributed by atoms with E-state index >= 15 is 0 Å². The van der Waals surface area contributed by atoms with Crippen LogP contribution in [0.4, 0.5) is 11.4 Å². The zero-order chi connectivity index (χ0) is 13.1. The Bertz CT molecular complexity index is 550. The second-order valence-electron chi connectivity index (χ2n) is 3.78. The maximum atomic E-state index is 12.4. The lowest BCUT2D eigenvalue weighted by Gasteiger charge is -2.20. The van der Waals surface area contributed by atoms with Crippen molar-refractivity contribution in [2.24, 2.45) is 0 Å². The third-order valence-corrected chi connectivity index (χ3v) is 4.09. The van der Waals surface area contributed by atoms with E-state index in [1.165, 1.54) is 11.3 Å². The molecule has 5 heteroatoms. The second-order valence-corrected chi connectivity index (χ2v) is 6.07. The van der Waals surface area contributed by atoms with Gasteiger partial charge in [-0.25, -0.2) is 0 Å². The van der Waals surface area contributed by atoms with Crippen molar-refractivity contribution >= 4 is 44.5 Å². The van der Waals surface area contributed by atoms with Gasteiger partial charge in [-0.15, -0.1) is 11.3 Å². The largest absolute Gasteiger partial charge is 0.399 e. The molecule has 2 N–H and O–H groups in total. The van der Waals surface area contributed by atoms with E-state index in [0.717, 1.165) is 9.47 Å². The Hall–Kier alpha value is -1.33. The van der Waals surface area contributed by atoms with Crippen molar-refractivity contribution in [3.05, 3.63) is 45.1 Å². The average molecular weight is 325 g/mol. The van der Waals surface area contributed by atoms with Crippen LogP contribution in [-0.4, -0.2) is 12.5 Å². The van der Waals surface area contributed by atoms with Crippen molar-refractivity contribution in [3.63, 3.8) is 0 Å². The molecule has 0 aliphatic carbocycles. The number of carbonyl (C=O) groups excluding carboxylic acids is 1. The summed E-state index contributed by atoms with van der Waals surface area (Å²) in [5, 5.41) is 1.85. The summed E-state index contributed by atoms with van der Waals surface area (Å²) in [6.07, 6.45) is 0. The van der Waals surface area contributed by atoms with Crippen LogP contribution in [0.5, 0.6) is 0 Å². The van der Waals surface area contributed by atoms with E-state index in [1.54, 1.807) is 17.0 Å². The molecule has 0 saturated carbocycles. The molecule has 0 aliphatic heterocycles. The number of amides is 1. The summed E-state index contributed by atoms with van der Waals surface area (Å²) in [6, 6.07) is 9.16. The summed E-state index contributed by atoms with van der Waals surface area (Å²) in [5.41, 5.74) is 7.91. The average Bonchev–Trinajstić information content (AvgIpc) is 2.79. The molecule has 0 saturated heterocycles. The van der Waals surface area contributed by atoms with Gasteiger partial charge < -0.3 is 10.6 Å². The second kappa shape index (κ2) is 5.54. The summed E-state index contributed by atoms with van der Waals surface area (Å²) in [6.45, 7) is 2.58. The van der Waals surface area contributed by atoms with Crippen LogP contribution in [0.15, 0.2) is 39.5 Å². The number of halogens is 1. The molecular weight excluding hydrogens is 312 g/mol. The minimum Gasteiger partial charge on any atom is -0.399 e. The normalized spacial score (nSPS) is 10.3. The third kappa shape index (κ3) is 2.73. The smallest absolute Gasteiger partial charge is 0.259 e. The van der Waals surface area contributed by atoms with Crippen LogP contribution in [0.1, 0.15) is 17.3 Å². The maximum Gasteiger partial charge on any atom is 0.259 e. The highest BCUT2D eigenvalue weighted by molar-refractivity contribution is 9.11. The molecule has 1 aromatic carbocycles. The quantitative estimate of drug-likeness (QED) is 0.874. The van der Waals surface area contributed by atoms with Gasteiger partial charge in [0, 0.05) is 23.3 Å². The lowest BCUT2D eigenvalue weighted by molar-refractivity contribution is 0.0988. The highest BCUT2D eigenvalue weighted by atomic mass is 79.9. The highest BCUT2D eigenvalue weighted by Crippen LogP contribution is 2.24. The molecule has 0 unspecified atom stereocenters. The van der Waals surface area contributed by atoms with Crippen LogP contribution in [-0.2, 0) is 0 Å². The minimum atomic E-state index is 0.00391. The van der Waals surface area contributed by atoms with E-state index < -0.39 is 0 Å². The predicted octanol–water partition coefficient (Wildman–Crippen LogP) is 3.76. The topological polar surface area (TPSA) is 46.3 Å². The number of rotatable bonds is 3. The number of nitrogens with two attached hydrogens (primary N) is 1. The number of hydrogen-bond acceptors (Lipinski definition) is 3. The van der Waals surface area contributed by atoms with Crippen molar-refractivity contribution in [2.45, 2.75) is 6.92 Å². The van der Waals surface area contributed by atoms with Gasteiger partial charge in [0.2, 0.25) is 0 Å². The fourth-order valence-electron chi connectivity index (χ4n) is 1.68. The first-order valence-corrected chi connectivity index (χ1v) is 7.20. The zero-order valence-electron chi connectivity index (χ0n) is 9.89. The van der Waals surface area contributed by atoms with Crippen molar-refractivity contribution in [1.29, 1.82) is 0 Å². The van der Waals surface area contributed by atoms with Crippen molar-refractivity contribution in [3.8, 4) is 0 Å². The molecule has 2 aromatic rings. The van der Waals surface area contributed by atoms with E-state index in [2.05, 4.69) is 15.9 Å². The maximum absolute atomic E-state index is 12.4. The van der Waals surface area contributed by atoms with Crippen LogP contribution in [0.2, 0.25) is 0 Å². The molecular formula is C13H13BrN2OS. The molecule has 1 amide bonds. The van der Waals surface area contributed by atoms with Crippen LogP contribution >= 0.6 is 27.3 Å². The monoisotopic (exact) mass is 324 g/mol. The van der Waals surface area contributed by atoms with Gasteiger partial charge in [0.25, 0.3) is 5.91 Å². The van der Waals surface area contributed by atoms with Gasteiger partial charge >= 0.3 is 0 Å². The number of hydrogen-bond donors (Lipinski definition) is 1. The molecule has 0 spiro atoms. The summed E-state index contributed by atoms with van der Waals surface area (Å²) in [5.74, 6) is 0.00391. The number of thiophene rings is 1. The van der Waals surface area contributed by atoms with Gasteiger partial charge in [0.1, 0.15) is 0 Å². The number of nitrogen functional groups attached to an aromatic ring is 1. The van der Waals surface area contributed by atoms with Crippen LogP contribution in [0, 0.1) is 0 Å². The van der Waals surface area contributed by atoms with Crippen LogP contribution < -0.4 is 10.6 Å². The van der Waals surface area contributed by atoms with E-state index in [1.807, 2.05) is 30.5 Å². The first kappa shape index (κ1) is 13.1. The van der Waals surface area contributed by atoms with E-state index in [-0.39, 0.29) is 5.91 Å². The Morgan fingerprint density at radius 1 is 1.39 bits per heavy atom.